The largest absolute Gasteiger partial charge is 0.493 e. The molecule has 4 heteroatoms. The van der Waals surface area contributed by atoms with E-state index in [-0.39, 0.29) is 5.91 Å². The number of carbonyl (C=O) groups excluding carboxylic acids is 1. The molecule has 0 saturated carbocycles. The molecule has 1 aromatic rings. The van der Waals surface area contributed by atoms with E-state index in [0.29, 0.717) is 23.6 Å². The molecule has 4 nitrogen and oxygen atoms in total. The minimum absolute atomic E-state index is 0.151. The Labute approximate surface area is 166 Å². The van der Waals surface area contributed by atoms with Crippen molar-refractivity contribution in [3.05, 3.63) is 29.3 Å². The Kier molecular flexibility index (Phi) is 10.5. The first-order chi connectivity index (χ1) is 12.7. The van der Waals surface area contributed by atoms with E-state index in [1.54, 1.807) is 0 Å². The standard InChI is InChI=1S/C23H40N2O2/c1-7-8-9-10-14-24-23(26)18-25(5,6)15-11-16-27-22-17-20(4)12-13-21(22)19(2)3/h12-13,17,19H,7-11,14-16,18H2,1-6H3/p+1. The van der Waals surface area contributed by atoms with Crippen LogP contribution in [0.15, 0.2) is 18.2 Å². The maximum atomic E-state index is 12.1. The van der Waals surface area contributed by atoms with Gasteiger partial charge < -0.3 is 14.5 Å². The number of nitrogens with one attached hydrogen (secondary N) is 1. The van der Waals surface area contributed by atoms with Crippen LogP contribution >= 0.6 is 0 Å². The van der Waals surface area contributed by atoms with Crippen molar-refractivity contribution in [1.82, 2.24) is 5.32 Å². The van der Waals surface area contributed by atoms with Gasteiger partial charge in [0.2, 0.25) is 0 Å². The van der Waals surface area contributed by atoms with Crippen LogP contribution in [0.3, 0.4) is 0 Å². The molecule has 27 heavy (non-hydrogen) atoms. The molecule has 0 radical (unpaired) electrons. The van der Waals surface area contributed by atoms with E-state index in [4.69, 9.17) is 4.74 Å². The van der Waals surface area contributed by atoms with E-state index in [2.05, 4.69) is 65.3 Å². The highest BCUT2D eigenvalue weighted by atomic mass is 16.5. The number of carbonyl (C=O) groups is 1. The second-order valence-electron chi connectivity index (χ2n) is 8.63. The van der Waals surface area contributed by atoms with Crippen molar-refractivity contribution in [2.45, 2.75) is 65.7 Å². The van der Waals surface area contributed by atoms with E-state index in [1.807, 2.05) is 0 Å². The molecule has 0 atom stereocenters. The van der Waals surface area contributed by atoms with Gasteiger partial charge in [0.1, 0.15) is 5.75 Å². The molecule has 0 saturated heterocycles. The van der Waals surface area contributed by atoms with E-state index in [1.165, 1.54) is 30.4 Å². The summed E-state index contributed by atoms with van der Waals surface area (Å²) in [6.07, 6.45) is 5.68. The van der Waals surface area contributed by atoms with Gasteiger partial charge in [-0.05, 0) is 36.5 Å². The van der Waals surface area contributed by atoms with Crippen LogP contribution in [0.2, 0.25) is 0 Å². The lowest BCUT2D eigenvalue weighted by Crippen LogP contribution is -2.48. The van der Waals surface area contributed by atoms with Crippen molar-refractivity contribution in [3.8, 4) is 5.75 Å². The zero-order valence-corrected chi connectivity index (χ0v) is 18.4. The fourth-order valence-electron chi connectivity index (χ4n) is 3.22. The normalized spacial score (nSPS) is 11.7. The topological polar surface area (TPSA) is 38.3 Å². The van der Waals surface area contributed by atoms with E-state index in [0.717, 1.165) is 31.7 Å². The van der Waals surface area contributed by atoms with Gasteiger partial charge in [0.25, 0.3) is 5.91 Å². The van der Waals surface area contributed by atoms with Gasteiger partial charge in [-0.3, -0.25) is 4.79 Å². The maximum Gasteiger partial charge on any atom is 0.275 e. The summed E-state index contributed by atoms with van der Waals surface area (Å²) in [6, 6.07) is 6.44. The zero-order chi connectivity index (χ0) is 20.3. The third-order valence-corrected chi connectivity index (χ3v) is 4.88. The molecule has 154 valence electrons. The number of nitrogens with zero attached hydrogens (tertiary/aromatic N) is 1. The van der Waals surface area contributed by atoms with Crippen LogP contribution in [0.1, 0.15) is 69.9 Å². The number of quaternary nitrogens is 1. The monoisotopic (exact) mass is 377 g/mol. The summed E-state index contributed by atoms with van der Waals surface area (Å²) >= 11 is 0. The molecular weight excluding hydrogens is 336 g/mol. The first-order valence-electron chi connectivity index (χ1n) is 10.6. The van der Waals surface area contributed by atoms with Gasteiger partial charge in [-0.2, -0.15) is 0 Å². The lowest BCUT2D eigenvalue weighted by atomic mass is 10.0. The van der Waals surface area contributed by atoms with Crippen LogP contribution in [-0.4, -0.2) is 50.7 Å². The van der Waals surface area contributed by atoms with Gasteiger partial charge in [0.05, 0.1) is 27.2 Å². The molecule has 1 amide bonds. The van der Waals surface area contributed by atoms with Gasteiger partial charge in [0.15, 0.2) is 6.54 Å². The number of ether oxygens (including phenoxy) is 1. The minimum Gasteiger partial charge on any atom is -0.493 e. The Balaban J connectivity index is 2.34. The molecule has 0 aliphatic heterocycles. The summed E-state index contributed by atoms with van der Waals surface area (Å²) < 4.78 is 6.76. The molecule has 0 aliphatic rings. The maximum absolute atomic E-state index is 12.1. The summed E-state index contributed by atoms with van der Waals surface area (Å²) in [7, 11) is 4.23. The van der Waals surface area contributed by atoms with Crippen molar-refractivity contribution in [2.24, 2.45) is 0 Å². The molecule has 0 spiro atoms. The number of unbranched alkanes of at least 4 members (excludes halogenated alkanes) is 3. The van der Waals surface area contributed by atoms with Crippen molar-refractivity contribution in [3.63, 3.8) is 0 Å². The second kappa shape index (κ2) is 12.0. The number of rotatable bonds is 13. The quantitative estimate of drug-likeness (QED) is 0.401. The Morgan fingerprint density at radius 2 is 1.89 bits per heavy atom. The summed E-state index contributed by atoms with van der Waals surface area (Å²) in [5.74, 6) is 1.60. The smallest absolute Gasteiger partial charge is 0.275 e. The highest BCUT2D eigenvalue weighted by Gasteiger charge is 2.19. The van der Waals surface area contributed by atoms with E-state index in [9.17, 15) is 4.79 Å². The summed E-state index contributed by atoms with van der Waals surface area (Å²) in [4.78, 5) is 12.1. The van der Waals surface area contributed by atoms with Gasteiger partial charge >= 0.3 is 0 Å². The van der Waals surface area contributed by atoms with E-state index < -0.39 is 0 Å². The third-order valence-electron chi connectivity index (χ3n) is 4.88. The van der Waals surface area contributed by atoms with Crippen LogP contribution in [0, 0.1) is 6.92 Å². The van der Waals surface area contributed by atoms with Crippen molar-refractivity contribution in [2.75, 3.05) is 40.3 Å². The second-order valence-corrected chi connectivity index (χ2v) is 8.63. The average molecular weight is 378 g/mol. The van der Waals surface area contributed by atoms with Crippen LogP contribution in [0.4, 0.5) is 0 Å². The van der Waals surface area contributed by atoms with Crippen molar-refractivity contribution < 1.29 is 14.0 Å². The number of amides is 1. The van der Waals surface area contributed by atoms with Crippen LogP contribution in [-0.2, 0) is 4.79 Å². The fraction of sp³-hybridized carbons (Fsp3) is 0.696. The SMILES string of the molecule is CCCCCCNC(=O)C[N+](C)(C)CCCOc1cc(C)ccc1C(C)C. The number of likely N-dealkylation sites (N-methyl/N-ethyl adjacent to an activating group) is 1. The van der Waals surface area contributed by atoms with Gasteiger partial charge in [-0.25, -0.2) is 0 Å². The molecule has 0 aromatic heterocycles. The lowest BCUT2D eigenvalue weighted by Gasteiger charge is -2.29. The molecule has 0 fully saturated rings. The fourth-order valence-corrected chi connectivity index (χ4v) is 3.22. The molecule has 0 heterocycles. The van der Waals surface area contributed by atoms with Gasteiger partial charge in [0, 0.05) is 13.0 Å². The van der Waals surface area contributed by atoms with Crippen molar-refractivity contribution >= 4 is 5.91 Å². The van der Waals surface area contributed by atoms with Crippen LogP contribution in [0.5, 0.6) is 5.75 Å². The molecule has 1 N–H and O–H groups in total. The third kappa shape index (κ3) is 9.81. The Hall–Kier alpha value is -1.55. The molecule has 0 bridgehead atoms. The Bertz CT molecular complexity index is 567. The Morgan fingerprint density at radius 3 is 2.56 bits per heavy atom. The molecule has 0 unspecified atom stereocenters. The first kappa shape index (κ1) is 23.5. The first-order valence-corrected chi connectivity index (χ1v) is 10.6. The van der Waals surface area contributed by atoms with Crippen LogP contribution in [0.25, 0.3) is 0 Å². The molecular formula is C23H41N2O2+. The predicted octanol–water partition coefficient (Wildman–Crippen LogP) is 4.66. The van der Waals surface area contributed by atoms with Crippen LogP contribution < -0.4 is 10.1 Å². The van der Waals surface area contributed by atoms with Gasteiger partial charge in [-0.15, -0.1) is 0 Å². The zero-order valence-electron chi connectivity index (χ0n) is 18.4. The number of benzene rings is 1. The predicted molar refractivity (Wildman–Crippen MR) is 114 cm³/mol. The number of hydrogen-bond donors (Lipinski definition) is 1. The van der Waals surface area contributed by atoms with Gasteiger partial charge in [-0.1, -0.05) is 52.2 Å². The highest BCUT2D eigenvalue weighted by molar-refractivity contribution is 5.76. The Morgan fingerprint density at radius 1 is 1.15 bits per heavy atom. The minimum atomic E-state index is 0.151. The van der Waals surface area contributed by atoms with Crippen molar-refractivity contribution in [1.29, 1.82) is 0 Å². The molecule has 1 aromatic carbocycles. The average Bonchev–Trinajstić information content (AvgIpc) is 2.58. The number of aryl methyl sites for hydroxylation is 1. The summed E-state index contributed by atoms with van der Waals surface area (Å²) in [5.41, 5.74) is 2.48. The lowest BCUT2D eigenvalue weighted by molar-refractivity contribution is -0.882. The molecule has 1 rings (SSSR count). The summed E-state index contributed by atoms with van der Waals surface area (Å²) in [6.45, 7) is 11.6. The number of hydrogen-bond acceptors (Lipinski definition) is 2. The summed E-state index contributed by atoms with van der Waals surface area (Å²) in [5, 5.41) is 3.05. The highest BCUT2D eigenvalue weighted by Crippen LogP contribution is 2.27. The van der Waals surface area contributed by atoms with E-state index >= 15 is 0 Å². The molecule has 0 aliphatic carbocycles.